The first-order valence-corrected chi connectivity index (χ1v) is 12.4. The molecule has 35 heavy (non-hydrogen) atoms. The van der Waals surface area contributed by atoms with Gasteiger partial charge in [-0.1, -0.05) is 30.0 Å². The van der Waals surface area contributed by atoms with E-state index in [1.165, 1.54) is 20.9 Å². The van der Waals surface area contributed by atoms with Gasteiger partial charge < -0.3 is 25.0 Å². The lowest BCUT2D eigenvalue weighted by atomic mass is 9.96. The Kier molecular flexibility index (Phi) is 10.2. The van der Waals surface area contributed by atoms with Crippen LogP contribution in [0.25, 0.3) is 0 Å². The molecule has 2 heterocycles. The molecule has 188 valence electrons. The van der Waals surface area contributed by atoms with Crippen molar-refractivity contribution in [3.8, 4) is 5.75 Å². The van der Waals surface area contributed by atoms with Gasteiger partial charge in [0.25, 0.3) is 0 Å². The van der Waals surface area contributed by atoms with Gasteiger partial charge in [-0.05, 0) is 48.2 Å². The van der Waals surface area contributed by atoms with Crippen LogP contribution in [0.5, 0.6) is 5.75 Å². The van der Waals surface area contributed by atoms with Gasteiger partial charge in [-0.25, -0.2) is 9.59 Å². The highest BCUT2D eigenvalue weighted by Crippen LogP contribution is 2.44. The molecule has 2 aromatic carbocycles. The normalized spacial score (nSPS) is 18.1. The van der Waals surface area contributed by atoms with Crippen LogP contribution in [0.1, 0.15) is 23.6 Å². The molecule has 0 amide bonds. The van der Waals surface area contributed by atoms with Gasteiger partial charge in [-0.3, -0.25) is 4.90 Å². The van der Waals surface area contributed by atoms with E-state index in [9.17, 15) is 9.59 Å². The van der Waals surface area contributed by atoms with E-state index < -0.39 is 11.9 Å². The van der Waals surface area contributed by atoms with Crippen molar-refractivity contribution < 1.29 is 29.6 Å². The summed E-state index contributed by atoms with van der Waals surface area (Å²) in [6, 6.07) is 15.7. The van der Waals surface area contributed by atoms with Crippen molar-refractivity contribution >= 4 is 23.7 Å². The summed E-state index contributed by atoms with van der Waals surface area (Å²) in [6.45, 7) is 5.57. The Morgan fingerprint density at radius 2 is 1.71 bits per heavy atom. The summed E-state index contributed by atoms with van der Waals surface area (Å²) in [5.74, 6) is -1.58. The number of nitrogens with zero attached hydrogens (tertiary/aromatic N) is 2. The first-order valence-electron chi connectivity index (χ1n) is 11.6. The minimum absolute atomic E-state index is 0.282. The van der Waals surface area contributed by atoms with E-state index in [1.54, 1.807) is 7.11 Å². The molecule has 9 heteroatoms. The Labute approximate surface area is 209 Å². The Hall–Kier alpha value is -2.85. The molecule has 4 rings (SSSR count). The fourth-order valence-electron chi connectivity index (χ4n) is 4.28. The molecule has 0 bridgehead atoms. The molecule has 8 nitrogen and oxygen atoms in total. The van der Waals surface area contributed by atoms with Crippen LogP contribution in [0.3, 0.4) is 0 Å². The quantitative estimate of drug-likeness (QED) is 0.494. The molecule has 3 N–H and O–H groups in total. The number of methoxy groups -OCH3 is 1. The number of aliphatic hydroxyl groups excluding tert-OH is 1. The van der Waals surface area contributed by atoms with Crippen molar-refractivity contribution in [1.29, 1.82) is 0 Å². The maximum absolute atomic E-state index is 9.55. The number of benzene rings is 2. The van der Waals surface area contributed by atoms with Gasteiger partial charge in [0, 0.05) is 67.3 Å². The number of fused-ring (bicyclic) bond motifs is 2. The summed E-state index contributed by atoms with van der Waals surface area (Å²) in [5, 5.41) is 24.7. The van der Waals surface area contributed by atoms with Gasteiger partial charge in [0.2, 0.25) is 0 Å². The van der Waals surface area contributed by atoms with Crippen LogP contribution in [-0.2, 0) is 16.0 Å². The molecule has 0 spiro atoms. The molecule has 1 atom stereocenters. The average Bonchev–Trinajstić information content (AvgIpc) is 3.03. The molecule has 0 radical (unpaired) electrons. The van der Waals surface area contributed by atoms with Crippen molar-refractivity contribution in [2.75, 3.05) is 46.4 Å². The number of carboxylic acids is 2. The molecule has 0 aliphatic carbocycles. The summed E-state index contributed by atoms with van der Waals surface area (Å²) in [5.41, 5.74) is 2.82. The van der Waals surface area contributed by atoms with E-state index in [2.05, 4.69) is 52.3 Å². The zero-order valence-corrected chi connectivity index (χ0v) is 20.6. The van der Waals surface area contributed by atoms with Crippen LogP contribution < -0.4 is 4.74 Å². The molecule has 0 saturated carbocycles. The monoisotopic (exact) mass is 500 g/mol. The molecule has 0 aromatic heterocycles. The molecule has 1 saturated heterocycles. The number of hydrogen-bond donors (Lipinski definition) is 3. The molecule has 2 aliphatic rings. The maximum Gasteiger partial charge on any atom is 0.328 e. The molecule has 1 unspecified atom stereocenters. The van der Waals surface area contributed by atoms with Gasteiger partial charge in [-0.2, -0.15) is 0 Å². The Morgan fingerprint density at radius 3 is 2.34 bits per heavy atom. The van der Waals surface area contributed by atoms with Gasteiger partial charge >= 0.3 is 11.9 Å². The third-order valence-corrected chi connectivity index (χ3v) is 7.24. The van der Waals surface area contributed by atoms with Gasteiger partial charge in [-0.15, -0.1) is 0 Å². The number of piperazine rings is 1. The van der Waals surface area contributed by atoms with Crippen molar-refractivity contribution in [2.45, 2.75) is 28.7 Å². The lowest BCUT2D eigenvalue weighted by molar-refractivity contribution is -0.134. The zero-order valence-electron chi connectivity index (χ0n) is 19.8. The lowest BCUT2D eigenvalue weighted by Gasteiger charge is -2.39. The third-order valence-electron chi connectivity index (χ3n) is 6.03. The highest BCUT2D eigenvalue weighted by molar-refractivity contribution is 7.99. The van der Waals surface area contributed by atoms with Gasteiger partial charge in [0.1, 0.15) is 5.75 Å². The van der Waals surface area contributed by atoms with Crippen LogP contribution in [0.15, 0.2) is 64.4 Å². The highest BCUT2D eigenvalue weighted by atomic mass is 32.2. The maximum atomic E-state index is 9.55. The van der Waals surface area contributed by atoms with E-state index in [0.29, 0.717) is 18.2 Å². The number of aliphatic carboxylic acids is 2. The van der Waals surface area contributed by atoms with Crippen LogP contribution in [0.2, 0.25) is 0 Å². The topological polar surface area (TPSA) is 111 Å². The van der Waals surface area contributed by atoms with Crippen LogP contribution in [0, 0.1) is 0 Å². The van der Waals surface area contributed by atoms with E-state index in [0.717, 1.165) is 51.3 Å². The predicted molar refractivity (Wildman–Crippen MR) is 134 cm³/mol. The number of carboxylic acid groups (broad SMARTS) is 2. The van der Waals surface area contributed by atoms with Crippen LogP contribution in [-0.4, -0.2) is 83.5 Å². The Bertz CT molecular complexity index is 1020. The molecule has 2 aromatic rings. The van der Waals surface area contributed by atoms with Crippen molar-refractivity contribution in [3.05, 3.63) is 65.7 Å². The Morgan fingerprint density at radius 1 is 1.03 bits per heavy atom. The third kappa shape index (κ3) is 7.83. The number of rotatable bonds is 7. The fourth-order valence-corrected chi connectivity index (χ4v) is 5.39. The van der Waals surface area contributed by atoms with Crippen molar-refractivity contribution in [1.82, 2.24) is 9.80 Å². The second kappa shape index (κ2) is 13.3. The lowest BCUT2D eigenvalue weighted by Crippen LogP contribution is -2.48. The largest absolute Gasteiger partial charge is 0.497 e. The summed E-state index contributed by atoms with van der Waals surface area (Å²) in [4.78, 5) is 26.9. The van der Waals surface area contributed by atoms with E-state index in [4.69, 9.17) is 20.1 Å². The van der Waals surface area contributed by atoms with E-state index in [1.807, 2.05) is 11.8 Å². The number of ether oxygens (including phenoxy) is 1. The summed E-state index contributed by atoms with van der Waals surface area (Å²) >= 11 is 1.88. The minimum atomic E-state index is -1.26. The van der Waals surface area contributed by atoms with Crippen molar-refractivity contribution in [3.63, 3.8) is 0 Å². The smallest absolute Gasteiger partial charge is 0.328 e. The zero-order chi connectivity index (χ0) is 25.2. The summed E-state index contributed by atoms with van der Waals surface area (Å²) < 4.78 is 5.54. The van der Waals surface area contributed by atoms with E-state index >= 15 is 0 Å². The number of carbonyl (C=O) groups is 2. The summed E-state index contributed by atoms with van der Waals surface area (Å²) in [6.07, 6.45) is 3.03. The standard InChI is InChI=1S/C22H28N2O2S.C4H4O4/c1-26-18-7-8-22-19(16-18)20(15-17-5-2-3-6-21(17)27-22)24-12-10-23(11-13-24)9-4-14-25;5-3(6)1-2-4(7)8/h2-3,5-8,16,20,25H,4,9-15H2,1H3;1-2H,(H,5,6)(H,7,8)/b;2-1-. The fraction of sp³-hybridized carbons (Fsp3) is 0.385. The second-order valence-electron chi connectivity index (χ2n) is 8.30. The van der Waals surface area contributed by atoms with Gasteiger partial charge in [0.15, 0.2) is 0 Å². The Balaban J connectivity index is 0.000000371. The second-order valence-corrected chi connectivity index (χ2v) is 9.38. The number of aliphatic hydroxyl groups is 1. The average molecular weight is 501 g/mol. The molecule has 2 aliphatic heterocycles. The first-order chi connectivity index (χ1) is 16.9. The SMILES string of the molecule is COc1ccc2c(c1)C(N1CCN(CCCO)CC1)Cc1ccccc1S2.O=C(O)/C=C\C(=O)O. The highest BCUT2D eigenvalue weighted by Gasteiger charge is 2.30. The van der Waals surface area contributed by atoms with Crippen molar-refractivity contribution in [2.24, 2.45) is 0 Å². The van der Waals surface area contributed by atoms with Crippen LogP contribution >= 0.6 is 11.8 Å². The minimum Gasteiger partial charge on any atom is -0.497 e. The predicted octanol–water partition coefficient (Wildman–Crippen LogP) is 3.16. The first kappa shape index (κ1) is 26.7. The van der Waals surface area contributed by atoms with E-state index in [-0.39, 0.29) is 6.61 Å². The molecular weight excluding hydrogens is 468 g/mol. The van der Waals surface area contributed by atoms with Crippen LogP contribution in [0.4, 0.5) is 0 Å². The summed E-state index contributed by atoms with van der Waals surface area (Å²) in [7, 11) is 1.75. The van der Waals surface area contributed by atoms with Gasteiger partial charge in [0.05, 0.1) is 7.11 Å². The molecular formula is C26H32N2O6S. The molecule has 1 fully saturated rings. The number of hydrogen-bond acceptors (Lipinski definition) is 7.